The van der Waals surface area contributed by atoms with E-state index >= 15 is 0 Å². The number of hydrogen-bond donors (Lipinski definition) is 1. The molecule has 0 radical (unpaired) electrons. The fourth-order valence-electron chi connectivity index (χ4n) is 2.47. The number of H-pyrrole nitrogens is 1. The van der Waals surface area contributed by atoms with E-state index in [-0.39, 0.29) is 12.5 Å². The lowest BCUT2D eigenvalue weighted by Crippen LogP contribution is -2.06. The normalized spacial score (nSPS) is 11.0. The van der Waals surface area contributed by atoms with Crippen LogP contribution < -0.4 is 0 Å². The number of aromatic amines is 1. The number of nitrogens with zero attached hydrogens (tertiary/aromatic N) is 2. The number of esters is 1. The number of ether oxygens (including phenoxy) is 1. The van der Waals surface area contributed by atoms with Gasteiger partial charge in [-0.1, -0.05) is 29.8 Å². The van der Waals surface area contributed by atoms with E-state index in [4.69, 9.17) is 20.8 Å². The summed E-state index contributed by atoms with van der Waals surface area (Å²) in [4.78, 5) is 15.4. The minimum atomic E-state index is -0.515. The van der Waals surface area contributed by atoms with E-state index in [1.54, 1.807) is 24.3 Å². The second kappa shape index (κ2) is 6.93. The van der Waals surface area contributed by atoms with Crippen molar-refractivity contribution in [2.24, 2.45) is 0 Å². The van der Waals surface area contributed by atoms with Crippen molar-refractivity contribution >= 4 is 44.4 Å². The van der Waals surface area contributed by atoms with Gasteiger partial charge in [-0.15, -0.1) is 10.2 Å². The van der Waals surface area contributed by atoms with Gasteiger partial charge in [0.15, 0.2) is 6.61 Å². The highest BCUT2D eigenvalue weighted by Crippen LogP contribution is 2.28. The molecule has 0 amide bonds. The number of rotatable bonds is 4. The van der Waals surface area contributed by atoms with Gasteiger partial charge >= 0.3 is 5.97 Å². The van der Waals surface area contributed by atoms with E-state index < -0.39 is 5.97 Å². The summed E-state index contributed by atoms with van der Waals surface area (Å²) in [6, 6.07) is 14.6. The van der Waals surface area contributed by atoms with E-state index in [0.29, 0.717) is 21.1 Å². The third-order valence-corrected chi connectivity index (χ3v) is 4.81. The molecule has 2 aromatic carbocycles. The first kappa shape index (κ1) is 16.8. The van der Waals surface area contributed by atoms with Crippen LogP contribution in [0.1, 0.15) is 16.4 Å². The Morgan fingerprint density at radius 3 is 2.69 bits per heavy atom. The standard InChI is InChI=1S/C18H11BrClN3O3/c19-15-12-3-1-2-4-13(12)21-16(15)18(24)25-9-14-22-23-17(26-14)10-5-7-11(20)8-6-10/h1-8,21H,9H2. The molecule has 8 heteroatoms. The molecule has 0 bridgehead atoms. The minimum Gasteiger partial charge on any atom is -0.451 e. The topological polar surface area (TPSA) is 81.0 Å². The number of hydrogen-bond acceptors (Lipinski definition) is 5. The van der Waals surface area contributed by atoms with Gasteiger partial charge in [0.1, 0.15) is 5.69 Å². The summed E-state index contributed by atoms with van der Waals surface area (Å²) in [5, 5.41) is 9.37. The molecule has 0 atom stereocenters. The zero-order valence-corrected chi connectivity index (χ0v) is 15.5. The van der Waals surface area contributed by atoms with Gasteiger partial charge in [0.2, 0.25) is 5.89 Å². The SMILES string of the molecule is O=C(OCc1nnc(-c2ccc(Cl)cc2)o1)c1[nH]c2ccccc2c1Br. The van der Waals surface area contributed by atoms with Gasteiger partial charge in [0.05, 0.1) is 4.47 Å². The lowest BCUT2D eigenvalue weighted by Gasteiger charge is -2.00. The van der Waals surface area contributed by atoms with E-state index in [9.17, 15) is 4.79 Å². The van der Waals surface area contributed by atoms with Crippen LogP contribution in [0.5, 0.6) is 0 Å². The van der Waals surface area contributed by atoms with Crippen LogP contribution in [0, 0.1) is 0 Å². The van der Waals surface area contributed by atoms with Crippen molar-refractivity contribution < 1.29 is 13.9 Å². The second-order valence-electron chi connectivity index (χ2n) is 5.44. The number of carbonyl (C=O) groups is 1. The number of fused-ring (bicyclic) bond motifs is 1. The molecule has 2 heterocycles. The lowest BCUT2D eigenvalue weighted by molar-refractivity contribution is 0.0432. The molecule has 0 saturated heterocycles. The molecule has 4 rings (SSSR count). The molecule has 6 nitrogen and oxygen atoms in total. The largest absolute Gasteiger partial charge is 0.451 e. The van der Waals surface area contributed by atoms with Crippen molar-refractivity contribution in [1.82, 2.24) is 15.2 Å². The number of halogens is 2. The first-order valence-corrected chi connectivity index (χ1v) is 8.80. The Kier molecular flexibility index (Phi) is 4.48. The van der Waals surface area contributed by atoms with Gasteiger partial charge in [-0.2, -0.15) is 0 Å². The van der Waals surface area contributed by atoms with Gasteiger partial charge in [-0.3, -0.25) is 0 Å². The van der Waals surface area contributed by atoms with Crippen molar-refractivity contribution in [3.05, 3.63) is 69.6 Å². The van der Waals surface area contributed by atoms with Crippen molar-refractivity contribution in [3.63, 3.8) is 0 Å². The smallest absolute Gasteiger partial charge is 0.356 e. The molecule has 2 aromatic heterocycles. The van der Waals surface area contributed by atoms with Crippen molar-refractivity contribution in [1.29, 1.82) is 0 Å². The monoisotopic (exact) mass is 431 g/mol. The summed E-state index contributed by atoms with van der Waals surface area (Å²) in [6.45, 7) is -0.124. The average Bonchev–Trinajstić information content (AvgIpc) is 3.26. The number of benzene rings is 2. The molecule has 0 unspecified atom stereocenters. The first-order valence-electron chi connectivity index (χ1n) is 7.63. The van der Waals surface area contributed by atoms with Gasteiger partial charge < -0.3 is 14.1 Å². The maximum atomic E-state index is 12.3. The summed E-state index contributed by atoms with van der Waals surface area (Å²) < 4.78 is 11.5. The molecule has 0 spiro atoms. The van der Waals surface area contributed by atoms with Crippen LogP contribution in [-0.4, -0.2) is 21.2 Å². The van der Waals surface area contributed by atoms with Gasteiger partial charge in [-0.25, -0.2) is 4.79 Å². The van der Waals surface area contributed by atoms with Crippen LogP contribution in [-0.2, 0) is 11.3 Å². The Balaban J connectivity index is 1.47. The Morgan fingerprint density at radius 2 is 1.92 bits per heavy atom. The van der Waals surface area contributed by atoms with Crippen LogP contribution in [0.3, 0.4) is 0 Å². The number of aromatic nitrogens is 3. The van der Waals surface area contributed by atoms with E-state index in [0.717, 1.165) is 16.5 Å². The van der Waals surface area contributed by atoms with E-state index in [2.05, 4.69) is 31.1 Å². The zero-order valence-electron chi connectivity index (χ0n) is 13.2. The maximum Gasteiger partial charge on any atom is 0.356 e. The molecular weight excluding hydrogens is 422 g/mol. The summed E-state index contributed by atoms with van der Waals surface area (Å²) in [5.74, 6) is 0.0226. The van der Waals surface area contributed by atoms with Crippen LogP contribution in [0.25, 0.3) is 22.4 Å². The fourth-order valence-corrected chi connectivity index (χ4v) is 3.20. The predicted molar refractivity (Wildman–Crippen MR) is 99.9 cm³/mol. The molecule has 0 aliphatic rings. The number of para-hydroxylation sites is 1. The molecule has 130 valence electrons. The maximum absolute atomic E-state index is 12.3. The van der Waals surface area contributed by atoms with Gasteiger partial charge in [0, 0.05) is 21.5 Å². The van der Waals surface area contributed by atoms with Gasteiger partial charge in [0.25, 0.3) is 5.89 Å². The molecule has 0 aliphatic heterocycles. The van der Waals surface area contributed by atoms with Crippen molar-refractivity contribution in [2.75, 3.05) is 0 Å². The number of nitrogens with one attached hydrogen (secondary N) is 1. The highest BCUT2D eigenvalue weighted by molar-refractivity contribution is 9.10. The Hall–Kier alpha value is -2.64. The molecule has 26 heavy (non-hydrogen) atoms. The third-order valence-electron chi connectivity index (χ3n) is 3.73. The highest BCUT2D eigenvalue weighted by Gasteiger charge is 2.18. The van der Waals surface area contributed by atoms with E-state index in [1.807, 2.05) is 24.3 Å². The molecule has 1 N–H and O–H groups in total. The molecule has 0 aliphatic carbocycles. The summed E-state index contributed by atoms with van der Waals surface area (Å²) in [6.07, 6.45) is 0. The Labute approximate surface area is 161 Å². The fraction of sp³-hybridized carbons (Fsp3) is 0.0556. The summed E-state index contributed by atoms with van der Waals surface area (Å²) >= 11 is 9.28. The van der Waals surface area contributed by atoms with Crippen LogP contribution in [0.4, 0.5) is 0 Å². The zero-order chi connectivity index (χ0) is 18.1. The van der Waals surface area contributed by atoms with Gasteiger partial charge in [-0.05, 0) is 46.3 Å². The van der Waals surface area contributed by atoms with Crippen molar-refractivity contribution in [3.8, 4) is 11.5 Å². The van der Waals surface area contributed by atoms with Crippen LogP contribution in [0.15, 0.2) is 57.4 Å². The van der Waals surface area contributed by atoms with Crippen LogP contribution in [0.2, 0.25) is 5.02 Å². The molecular formula is C18H11BrClN3O3. The molecule has 4 aromatic rings. The Morgan fingerprint density at radius 1 is 1.15 bits per heavy atom. The van der Waals surface area contributed by atoms with E-state index in [1.165, 1.54) is 0 Å². The third kappa shape index (κ3) is 3.23. The second-order valence-corrected chi connectivity index (χ2v) is 6.67. The predicted octanol–water partition coefficient (Wildman–Crippen LogP) is 4.99. The minimum absolute atomic E-state index is 0.124. The molecule has 0 saturated carbocycles. The summed E-state index contributed by atoms with van der Waals surface area (Å²) in [5.41, 5.74) is 1.91. The first-order chi connectivity index (χ1) is 12.6. The average molecular weight is 433 g/mol. The molecule has 0 fully saturated rings. The summed E-state index contributed by atoms with van der Waals surface area (Å²) in [7, 11) is 0. The lowest BCUT2D eigenvalue weighted by atomic mass is 10.2. The van der Waals surface area contributed by atoms with Crippen LogP contribution >= 0.6 is 27.5 Å². The number of carbonyl (C=O) groups excluding carboxylic acids is 1. The van der Waals surface area contributed by atoms with Crippen molar-refractivity contribution in [2.45, 2.75) is 6.61 Å². The quantitative estimate of drug-likeness (QED) is 0.459. The Bertz CT molecular complexity index is 1090. The highest BCUT2D eigenvalue weighted by atomic mass is 79.9.